The van der Waals surface area contributed by atoms with E-state index in [2.05, 4.69) is 45.8 Å². The Morgan fingerprint density at radius 1 is 1.29 bits per heavy atom. The van der Waals surface area contributed by atoms with Crippen molar-refractivity contribution in [2.45, 2.75) is 52.2 Å². The van der Waals surface area contributed by atoms with E-state index in [1.807, 2.05) is 11.5 Å². The first-order valence-corrected chi connectivity index (χ1v) is 12.6. The number of carbonyl (C=O) groups excluding carboxylic acids is 2. The number of aromatic nitrogens is 4. The molecule has 0 fully saturated rings. The first-order chi connectivity index (χ1) is 14.8. The van der Waals surface area contributed by atoms with Crippen LogP contribution in [0.3, 0.4) is 0 Å². The molecule has 0 spiro atoms. The highest BCUT2D eigenvalue weighted by atomic mass is 32.2. The Bertz CT molecular complexity index is 1070. The third kappa shape index (κ3) is 5.52. The van der Waals surface area contributed by atoms with Crippen molar-refractivity contribution in [1.29, 1.82) is 0 Å². The molecule has 0 saturated heterocycles. The second kappa shape index (κ2) is 10.4. The Hall–Kier alpha value is -2.24. The predicted octanol–water partition coefficient (Wildman–Crippen LogP) is 4.82. The Morgan fingerprint density at radius 2 is 2.06 bits per heavy atom. The van der Waals surface area contributed by atoms with Gasteiger partial charge in [-0.15, -0.1) is 21.5 Å². The maximum absolute atomic E-state index is 12.4. The van der Waals surface area contributed by atoms with Gasteiger partial charge >= 0.3 is 5.97 Å². The van der Waals surface area contributed by atoms with Crippen molar-refractivity contribution in [3.63, 3.8) is 0 Å². The number of hydrogen-bond donors (Lipinski definition) is 1. The fourth-order valence-electron chi connectivity index (χ4n) is 2.79. The van der Waals surface area contributed by atoms with E-state index in [-0.39, 0.29) is 11.7 Å². The number of esters is 1. The zero-order valence-corrected chi connectivity index (χ0v) is 20.5. The molecule has 3 rings (SSSR count). The van der Waals surface area contributed by atoms with Crippen LogP contribution in [0.1, 0.15) is 53.9 Å². The van der Waals surface area contributed by atoms with Gasteiger partial charge in [0.2, 0.25) is 5.91 Å². The van der Waals surface area contributed by atoms with E-state index in [1.165, 1.54) is 16.6 Å². The molecule has 0 radical (unpaired) electrons. The molecule has 8 nitrogen and oxygen atoms in total. The van der Waals surface area contributed by atoms with Gasteiger partial charge in [0.1, 0.15) is 4.88 Å². The minimum absolute atomic E-state index is 0.159. The number of ether oxygens (including phenoxy) is 1. The highest BCUT2D eigenvalue weighted by Crippen LogP contribution is 2.31. The van der Waals surface area contributed by atoms with Gasteiger partial charge in [-0.3, -0.25) is 4.79 Å². The second-order valence-corrected chi connectivity index (χ2v) is 9.82. The van der Waals surface area contributed by atoms with E-state index in [0.717, 1.165) is 22.7 Å². The summed E-state index contributed by atoms with van der Waals surface area (Å²) < 4.78 is 7.02. The minimum Gasteiger partial charge on any atom is -0.462 e. The van der Waals surface area contributed by atoms with Crippen molar-refractivity contribution < 1.29 is 14.3 Å². The Balaban J connectivity index is 1.65. The zero-order valence-electron chi connectivity index (χ0n) is 18.1. The molecule has 0 aliphatic rings. The molecule has 3 aromatic heterocycles. The van der Waals surface area contributed by atoms with Crippen LogP contribution in [0.25, 0.3) is 11.4 Å². The lowest BCUT2D eigenvalue weighted by atomic mass is 10.1. The van der Waals surface area contributed by atoms with E-state index >= 15 is 0 Å². The van der Waals surface area contributed by atoms with E-state index in [4.69, 9.17) is 4.74 Å². The molecule has 0 unspecified atom stereocenters. The summed E-state index contributed by atoms with van der Waals surface area (Å²) in [5.41, 5.74) is 1.59. The summed E-state index contributed by atoms with van der Waals surface area (Å²) >= 11 is 4.15. The third-order valence-corrected chi connectivity index (χ3v) is 7.57. The lowest BCUT2D eigenvalue weighted by Crippen LogP contribution is -2.14. The van der Waals surface area contributed by atoms with Crippen LogP contribution in [0.5, 0.6) is 0 Å². The molecule has 166 valence electrons. The zero-order chi connectivity index (χ0) is 22.5. The van der Waals surface area contributed by atoms with Crippen LogP contribution in [-0.2, 0) is 16.1 Å². The van der Waals surface area contributed by atoms with Gasteiger partial charge in [-0.2, -0.15) is 0 Å². The molecule has 0 aromatic carbocycles. The second-order valence-electron chi connectivity index (χ2n) is 6.93. The summed E-state index contributed by atoms with van der Waals surface area (Å²) in [7, 11) is 0. The highest BCUT2D eigenvalue weighted by molar-refractivity contribution is 7.99. The summed E-state index contributed by atoms with van der Waals surface area (Å²) in [4.78, 5) is 30.3. The molecule has 3 heterocycles. The van der Waals surface area contributed by atoms with Gasteiger partial charge in [-0.1, -0.05) is 36.9 Å². The SMILES string of the molecule is CCOC(=O)c1sc(NC(=O)CSc2nnc(-c3csc(C(C)C)c3)n2CC)nc1C. The summed E-state index contributed by atoms with van der Waals surface area (Å²) in [5.74, 6) is 0.784. The van der Waals surface area contributed by atoms with E-state index in [9.17, 15) is 9.59 Å². The number of nitrogens with one attached hydrogen (secondary N) is 1. The van der Waals surface area contributed by atoms with Gasteiger partial charge < -0.3 is 14.6 Å². The molecule has 1 N–H and O–H groups in total. The van der Waals surface area contributed by atoms with Gasteiger partial charge in [-0.05, 0) is 32.8 Å². The quantitative estimate of drug-likeness (QED) is 0.347. The van der Waals surface area contributed by atoms with Gasteiger partial charge in [0, 0.05) is 22.4 Å². The molecular weight excluding hydrogens is 454 g/mol. The topological polar surface area (TPSA) is 99.0 Å². The summed E-state index contributed by atoms with van der Waals surface area (Å²) in [6.45, 7) is 10.8. The maximum atomic E-state index is 12.4. The lowest BCUT2D eigenvalue weighted by Gasteiger charge is -2.06. The van der Waals surface area contributed by atoms with Crippen LogP contribution in [0, 0.1) is 6.92 Å². The van der Waals surface area contributed by atoms with Gasteiger partial charge in [0.15, 0.2) is 16.1 Å². The van der Waals surface area contributed by atoms with Crippen molar-refractivity contribution >= 4 is 51.4 Å². The number of amides is 1. The number of thiophene rings is 1. The van der Waals surface area contributed by atoms with E-state index in [1.54, 1.807) is 25.2 Å². The van der Waals surface area contributed by atoms with Crippen LogP contribution in [0.15, 0.2) is 16.6 Å². The molecule has 0 aliphatic carbocycles. The van der Waals surface area contributed by atoms with Crippen molar-refractivity contribution in [3.8, 4) is 11.4 Å². The normalized spacial score (nSPS) is 11.2. The van der Waals surface area contributed by atoms with Crippen LogP contribution in [0.4, 0.5) is 5.13 Å². The standard InChI is InChI=1S/C20H25N5O3S3/c1-6-25-17(13-8-14(11(3)4)29-9-13)23-24-20(25)30-10-15(26)22-19-21-12(5)16(31-19)18(27)28-7-2/h8-9,11H,6-7,10H2,1-5H3,(H,21,22,26). The lowest BCUT2D eigenvalue weighted by molar-refractivity contribution is -0.113. The summed E-state index contributed by atoms with van der Waals surface area (Å²) in [6.07, 6.45) is 0. The fraction of sp³-hybridized carbons (Fsp3) is 0.450. The predicted molar refractivity (Wildman–Crippen MR) is 125 cm³/mol. The fourth-order valence-corrected chi connectivity index (χ4v) is 5.37. The van der Waals surface area contributed by atoms with Crippen molar-refractivity contribution in [1.82, 2.24) is 19.7 Å². The minimum atomic E-state index is -0.426. The molecule has 1 amide bonds. The van der Waals surface area contributed by atoms with Crippen molar-refractivity contribution in [3.05, 3.63) is 26.9 Å². The molecular formula is C20H25N5O3S3. The number of nitrogens with zero attached hydrogens (tertiary/aromatic N) is 4. The third-order valence-electron chi connectivity index (χ3n) is 4.32. The van der Waals surface area contributed by atoms with Crippen LogP contribution in [0.2, 0.25) is 0 Å². The number of carbonyl (C=O) groups is 2. The summed E-state index contributed by atoms with van der Waals surface area (Å²) in [5, 5.41) is 14.5. The smallest absolute Gasteiger partial charge is 0.350 e. The molecule has 0 saturated carbocycles. The number of hydrogen-bond acceptors (Lipinski definition) is 9. The molecule has 0 aliphatic heterocycles. The Labute approximate surface area is 193 Å². The maximum Gasteiger partial charge on any atom is 0.350 e. The Kier molecular flexibility index (Phi) is 7.84. The molecule has 0 bridgehead atoms. The monoisotopic (exact) mass is 479 g/mol. The van der Waals surface area contributed by atoms with Gasteiger partial charge in [0.25, 0.3) is 0 Å². The van der Waals surface area contributed by atoms with Crippen molar-refractivity contribution in [2.75, 3.05) is 17.7 Å². The first-order valence-electron chi connectivity index (χ1n) is 9.93. The van der Waals surface area contributed by atoms with E-state index < -0.39 is 5.97 Å². The first kappa shape index (κ1) is 23.4. The molecule has 11 heteroatoms. The number of rotatable bonds is 9. The van der Waals surface area contributed by atoms with Crippen molar-refractivity contribution in [2.24, 2.45) is 0 Å². The molecule has 3 aromatic rings. The molecule has 0 atom stereocenters. The average molecular weight is 480 g/mol. The molecule has 31 heavy (non-hydrogen) atoms. The number of thiazole rings is 1. The highest BCUT2D eigenvalue weighted by Gasteiger charge is 2.19. The van der Waals surface area contributed by atoms with Crippen LogP contribution < -0.4 is 5.32 Å². The summed E-state index contributed by atoms with van der Waals surface area (Å²) in [6, 6.07) is 2.15. The van der Waals surface area contributed by atoms with Gasteiger partial charge in [-0.25, -0.2) is 9.78 Å². The number of anilines is 1. The van der Waals surface area contributed by atoms with Crippen LogP contribution in [-0.4, -0.2) is 44.0 Å². The number of thioether (sulfide) groups is 1. The average Bonchev–Trinajstić information content (AvgIpc) is 3.44. The number of aryl methyl sites for hydroxylation is 1. The van der Waals surface area contributed by atoms with E-state index in [0.29, 0.717) is 39.9 Å². The Morgan fingerprint density at radius 3 is 2.71 bits per heavy atom. The largest absolute Gasteiger partial charge is 0.462 e. The van der Waals surface area contributed by atoms with Crippen LogP contribution >= 0.6 is 34.4 Å². The van der Waals surface area contributed by atoms with Gasteiger partial charge in [0.05, 0.1) is 18.1 Å².